The molecule has 0 saturated carbocycles. The van der Waals surface area contributed by atoms with Crippen LogP contribution in [0.2, 0.25) is 0 Å². The van der Waals surface area contributed by atoms with Gasteiger partial charge in [-0.3, -0.25) is 0 Å². The molecule has 0 saturated heterocycles. The van der Waals surface area contributed by atoms with E-state index in [1.807, 2.05) is 12.1 Å². The van der Waals surface area contributed by atoms with Crippen LogP contribution in [0.25, 0.3) is 115 Å². The molecule has 0 unspecified atom stereocenters. The van der Waals surface area contributed by atoms with Gasteiger partial charge in [0.15, 0.2) is 0 Å². The first-order valence-electron chi connectivity index (χ1n) is 19.9. The second-order valence-corrected chi connectivity index (χ2v) is 15.2. The number of para-hydroxylation sites is 3. The average molecular weight is 738 g/mol. The molecule has 0 aliphatic heterocycles. The minimum absolute atomic E-state index is 0.911. The molecule has 0 spiro atoms. The largest absolute Gasteiger partial charge is 0.455 e. The molecule has 0 atom stereocenters. The highest BCUT2D eigenvalue weighted by Gasteiger charge is 2.20. The van der Waals surface area contributed by atoms with Gasteiger partial charge in [-0.15, -0.1) is 0 Å². The Hall–Kier alpha value is -7.68. The Bertz CT molecular complexity index is 3490. The Morgan fingerprint density at radius 2 is 0.793 bits per heavy atom. The summed E-state index contributed by atoms with van der Waals surface area (Å²) in [5.74, 6) is 0. The fourth-order valence-corrected chi connectivity index (χ4v) is 9.50. The fraction of sp³-hybridized carbons (Fsp3) is 0. The molecule has 270 valence electrons. The predicted octanol–water partition coefficient (Wildman–Crippen LogP) is 15.7. The van der Waals surface area contributed by atoms with E-state index in [9.17, 15) is 0 Å². The Morgan fingerprint density at radius 3 is 1.50 bits per heavy atom. The molecular weight excluding hydrogens is 703 g/mol. The van der Waals surface area contributed by atoms with Crippen LogP contribution < -0.4 is 0 Å². The van der Waals surface area contributed by atoms with Crippen molar-refractivity contribution in [2.75, 3.05) is 0 Å². The van der Waals surface area contributed by atoms with E-state index >= 15 is 0 Å². The van der Waals surface area contributed by atoms with Gasteiger partial charge in [0.1, 0.15) is 11.2 Å². The summed E-state index contributed by atoms with van der Waals surface area (Å²) in [6.07, 6.45) is 0. The molecule has 0 N–H and O–H groups in total. The predicted molar refractivity (Wildman–Crippen MR) is 245 cm³/mol. The lowest BCUT2D eigenvalue weighted by molar-refractivity contribution is 0.670. The van der Waals surface area contributed by atoms with Crippen molar-refractivity contribution in [2.24, 2.45) is 0 Å². The summed E-state index contributed by atoms with van der Waals surface area (Å²) in [6.45, 7) is 0. The summed E-state index contributed by atoms with van der Waals surface area (Å²) < 4.78 is 8.88. The Balaban J connectivity index is 1.01. The third-order valence-electron chi connectivity index (χ3n) is 12.0. The highest BCUT2D eigenvalue weighted by Crippen LogP contribution is 2.45. The van der Waals surface area contributed by atoms with Crippen LogP contribution in [-0.2, 0) is 0 Å². The van der Waals surface area contributed by atoms with Crippen LogP contribution in [0.1, 0.15) is 0 Å². The number of rotatable bonds is 5. The molecule has 12 rings (SSSR count). The lowest BCUT2D eigenvalue weighted by atomic mass is 9.86. The first-order chi connectivity index (χ1) is 28.8. The first-order valence-corrected chi connectivity index (χ1v) is 19.9. The number of aromatic nitrogens is 1. The normalized spacial score (nSPS) is 11.8. The maximum atomic E-state index is 6.46. The molecule has 2 heterocycles. The molecule has 0 bridgehead atoms. The summed E-state index contributed by atoms with van der Waals surface area (Å²) in [4.78, 5) is 0. The first kappa shape index (κ1) is 32.6. The van der Waals surface area contributed by atoms with Gasteiger partial charge in [0.05, 0.1) is 11.0 Å². The molecule has 2 heteroatoms. The SMILES string of the molecule is c1ccc(-c2c3ccccc3c(-c3ccc(-n4c5ccccc5c5c(-c6cccc(-c7cccc8c7oc7ccccc78)c6)cccc54)cc3)c3ccccc23)cc1. The summed E-state index contributed by atoms with van der Waals surface area (Å²) in [5.41, 5.74) is 14.9. The van der Waals surface area contributed by atoms with Gasteiger partial charge < -0.3 is 8.98 Å². The van der Waals surface area contributed by atoms with E-state index in [1.54, 1.807) is 0 Å². The van der Waals surface area contributed by atoms with E-state index in [2.05, 4.69) is 205 Å². The molecule has 0 amide bonds. The van der Waals surface area contributed by atoms with Gasteiger partial charge in [-0.1, -0.05) is 176 Å². The van der Waals surface area contributed by atoms with E-state index in [0.717, 1.165) is 38.8 Å². The quantitative estimate of drug-likeness (QED) is 0.161. The lowest BCUT2D eigenvalue weighted by Crippen LogP contribution is -1.95. The minimum Gasteiger partial charge on any atom is -0.455 e. The molecule has 0 aliphatic carbocycles. The van der Waals surface area contributed by atoms with Crippen molar-refractivity contribution in [2.45, 2.75) is 0 Å². The van der Waals surface area contributed by atoms with Crippen molar-refractivity contribution >= 4 is 65.3 Å². The van der Waals surface area contributed by atoms with Crippen molar-refractivity contribution in [1.82, 2.24) is 4.57 Å². The van der Waals surface area contributed by atoms with E-state index < -0.39 is 0 Å². The van der Waals surface area contributed by atoms with Gasteiger partial charge in [0, 0.05) is 32.8 Å². The van der Waals surface area contributed by atoms with Crippen LogP contribution in [0.3, 0.4) is 0 Å². The van der Waals surface area contributed by atoms with E-state index in [-0.39, 0.29) is 0 Å². The average Bonchev–Trinajstić information content (AvgIpc) is 3.85. The fourth-order valence-electron chi connectivity index (χ4n) is 9.50. The second kappa shape index (κ2) is 12.9. The Labute approximate surface area is 335 Å². The monoisotopic (exact) mass is 737 g/mol. The van der Waals surface area contributed by atoms with Crippen molar-refractivity contribution in [3.05, 3.63) is 212 Å². The number of fused-ring (bicyclic) bond motifs is 8. The zero-order valence-electron chi connectivity index (χ0n) is 31.6. The van der Waals surface area contributed by atoms with Crippen LogP contribution in [0, 0.1) is 0 Å². The van der Waals surface area contributed by atoms with Gasteiger partial charge in [-0.25, -0.2) is 0 Å². The number of furan rings is 1. The molecule has 2 nitrogen and oxygen atoms in total. The van der Waals surface area contributed by atoms with Crippen molar-refractivity contribution in [1.29, 1.82) is 0 Å². The molecular formula is C56H35NO. The van der Waals surface area contributed by atoms with Gasteiger partial charge >= 0.3 is 0 Å². The molecule has 58 heavy (non-hydrogen) atoms. The van der Waals surface area contributed by atoms with Crippen molar-refractivity contribution < 1.29 is 4.42 Å². The van der Waals surface area contributed by atoms with Gasteiger partial charge in [0.25, 0.3) is 0 Å². The zero-order chi connectivity index (χ0) is 38.2. The summed E-state index contributed by atoms with van der Waals surface area (Å²) in [6, 6.07) is 76.9. The number of benzene rings is 10. The van der Waals surface area contributed by atoms with Gasteiger partial charge in [-0.05, 0) is 96.9 Å². The highest BCUT2D eigenvalue weighted by molar-refractivity contribution is 6.21. The minimum atomic E-state index is 0.911. The van der Waals surface area contributed by atoms with E-state index in [4.69, 9.17) is 4.42 Å². The Morgan fingerprint density at radius 1 is 0.310 bits per heavy atom. The molecule has 12 aromatic rings. The molecule has 0 aliphatic rings. The van der Waals surface area contributed by atoms with Crippen LogP contribution in [0.5, 0.6) is 0 Å². The van der Waals surface area contributed by atoms with Crippen molar-refractivity contribution in [3.63, 3.8) is 0 Å². The second-order valence-electron chi connectivity index (χ2n) is 15.2. The maximum absolute atomic E-state index is 6.46. The summed E-state index contributed by atoms with van der Waals surface area (Å²) in [5, 5.41) is 9.80. The van der Waals surface area contributed by atoms with Crippen LogP contribution in [0.15, 0.2) is 217 Å². The van der Waals surface area contributed by atoms with Gasteiger partial charge in [-0.2, -0.15) is 0 Å². The third kappa shape index (κ3) is 4.92. The topological polar surface area (TPSA) is 18.1 Å². The maximum Gasteiger partial charge on any atom is 0.143 e. The van der Waals surface area contributed by atoms with Crippen LogP contribution in [-0.4, -0.2) is 4.57 Å². The molecule has 10 aromatic carbocycles. The number of hydrogen-bond donors (Lipinski definition) is 0. The third-order valence-corrected chi connectivity index (χ3v) is 12.0. The van der Waals surface area contributed by atoms with Crippen LogP contribution in [0.4, 0.5) is 0 Å². The van der Waals surface area contributed by atoms with Crippen LogP contribution >= 0.6 is 0 Å². The van der Waals surface area contributed by atoms with E-state index in [1.165, 1.54) is 76.7 Å². The van der Waals surface area contributed by atoms with E-state index in [0.29, 0.717) is 0 Å². The Kier molecular flexibility index (Phi) is 7.26. The zero-order valence-corrected chi connectivity index (χ0v) is 31.6. The summed E-state index contributed by atoms with van der Waals surface area (Å²) in [7, 11) is 0. The number of hydrogen-bond acceptors (Lipinski definition) is 1. The highest BCUT2D eigenvalue weighted by atomic mass is 16.3. The summed E-state index contributed by atoms with van der Waals surface area (Å²) >= 11 is 0. The molecule has 0 radical (unpaired) electrons. The molecule has 0 fully saturated rings. The lowest BCUT2D eigenvalue weighted by Gasteiger charge is -2.18. The smallest absolute Gasteiger partial charge is 0.143 e. The molecule has 2 aromatic heterocycles. The standard InChI is InChI=1S/C56H35NO/c1-2-15-36(16-3-1)53-44-20-4-6-22-46(44)54(47-23-7-5-21-45(47)53)37-31-33-40(34-32-37)57-50-28-10-8-24-49(50)55-41(25-14-29-51(55)57)38-17-12-18-39(35-38)42-26-13-27-48-43-19-9-11-30-52(43)58-56(42)48/h1-35H. The van der Waals surface area contributed by atoms with Crippen molar-refractivity contribution in [3.8, 4) is 50.2 Å². The number of nitrogens with zero attached hydrogens (tertiary/aromatic N) is 1. The van der Waals surface area contributed by atoms with Gasteiger partial charge in [0.2, 0.25) is 0 Å².